The van der Waals surface area contributed by atoms with E-state index < -0.39 is 0 Å². The lowest BCUT2D eigenvalue weighted by Crippen LogP contribution is -2.08. The van der Waals surface area contributed by atoms with Gasteiger partial charge in [0.15, 0.2) is 0 Å². The first-order valence-corrected chi connectivity index (χ1v) is 7.39. The molecule has 0 heterocycles. The second kappa shape index (κ2) is 8.35. The number of ether oxygens (including phenoxy) is 2. The Morgan fingerprint density at radius 1 is 1.00 bits per heavy atom. The summed E-state index contributed by atoms with van der Waals surface area (Å²) in [5.41, 5.74) is 1.49. The van der Waals surface area contributed by atoms with Gasteiger partial charge in [0.25, 0.3) is 0 Å². The van der Waals surface area contributed by atoms with Crippen LogP contribution in [0.4, 0.5) is 0 Å². The lowest BCUT2D eigenvalue weighted by Gasteiger charge is -1.96. The van der Waals surface area contributed by atoms with Crippen molar-refractivity contribution in [3.63, 3.8) is 0 Å². The minimum Gasteiger partial charge on any atom is -0.389 e. The van der Waals surface area contributed by atoms with Crippen molar-refractivity contribution in [1.82, 2.24) is 0 Å². The van der Waals surface area contributed by atoms with Crippen LogP contribution in [0.25, 0.3) is 0 Å². The van der Waals surface area contributed by atoms with Gasteiger partial charge in [-0.25, -0.2) is 0 Å². The molecule has 0 N–H and O–H groups in total. The summed E-state index contributed by atoms with van der Waals surface area (Å²) in [6.45, 7) is 0. The minimum atomic E-state index is 0.150. The molecular formula is C5H16O2Si2. The van der Waals surface area contributed by atoms with Gasteiger partial charge in [-0.2, -0.15) is 0 Å². The van der Waals surface area contributed by atoms with Gasteiger partial charge in [-0.1, -0.05) is 5.67 Å². The minimum absolute atomic E-state index is 0.150. The summed E-state index contributed by atoms with van der Waals surface area (Å²) in [5.74, 6) is 0. The van der Waals surface area contributed by atoms with Crippen LogP contribution < -0.4 is 0 Å². The number of hydrogen-bond acceptors (Lipinski definition) is 2. The van der Waals surface area contributed by atoms with Crippen molar-refractivity contribution in [3.8, 4) is 0 Å². The average molecular weight is 164 g/mol. The average Bonchev–Trinajstić information content (AvgIpc) is 1.89. The van der Waals surface area contributed by atoms with Crippen molar-refractivity contribution in [2.45, 2.75) is 5.67 Å². The molecule has 0 unspecified atom stereocenters. The summed E-state index contributed by atoms with van der Waals surface area (Å²) >= 11 is 0. The zero-order chi connectivity index (χ0) is 6.95. The van der Waals surface area contributed by atoms with Crippen molar-refractivity contribution >= 4 is 19.0 Å². The Kier molecular flexibility index (Phi) is 8.68. The Hall–Kier alpha value is 0.354. The van der Waals surface area contributed by atoms with Crippen LogP contribution in [-0.4, -0.2) is 45.7 Å². The van der Waals surface area contributed by atoms with Crippen molar-refractivity contribution in [1.29, 1.82) is 0 Å². The van der Waals surface area contributed by atoms with Gasteiger partial charge < -0.3 is 9.47 Å². The first-order valence-electron chi connectivity index (χ1n) is 3.39. The molecular weight excluding hydrogens is 148 g/mol. The largest absolute Gasteiger partial charge is 0.389 e. The second-order valence-electron chi connectivity index (χ2n) is 2.05. The molecule has 0 saturated carbocycles. The van der Waals surface area contributed by atoms with E-state index in [-0.39, 0.29) is 19.0 Å². The van der Waals surface area contributed by atoms with Crippen molar-refractivity contribution in [2.24, 2.45) is 0 Å². The summed E-state index contributed by atoms with van der Waals surface area (Å²) in [6, 6.07) is 0. The van der Waals surface area contributed by atoms with Crippen molar-refractivity contribution < 1.29 is 9.47 Å². The highest BCUT2D eigenvalue weighted by Gasteiger charge is 1.88. The third-order valence-corrected chi connectivity index (χ3v) is 6.59. The summed E-state index contributed by atoms with van der Waals surface area (Å²) in [6.07, 6.45) is 2.10. The lowest BCUT2D eigenvalue weighted by molar-refractivity contribution is 0.249. The number of rotatable bonds is 6. The van der Waals surface area contributed by atoms with E-state index in [2.05, 4.69) is 0 Å². The van der Waals surface area contributed by atoms with Gasteiger partial charge in [-0.15, -0.1) is 0 Å². The molecule has 0 saturated heterocycles. The maximum Gasteiger partial charge on any atom is 0.0486 e. The first kappa shape index (κ1) is 9.35. The molecule has 0 aliphatic rings. The molecule has 0 aromatic rings. The van der Waals surface area contributed by atoms with Gasteiger partial charge in [0.1, 0.15) is 0 Å². The molecule has 2 nitrogen and oxygen atoms in total. The number of hydrogen-bond donors (Lipinski definition) is 0. The molecule has 0 aliphatic heterocycles. The SMILES string of the molecule is COC[SiH2]C[SiH2]COC. The molecule has 0 amide bonds. The topological polar surface area (TPSA) is 18.5 Å². The van der Waals surface area contributed by atoms with E-state index in [9.17, 15) is 0 Å². The van der Waals surface area contributed by atoms with Gasteiger partial charge >= 0.3 is 0 Å². The molecule has 0 atom stereocenters. The van der Waals surface area contributed by atoms with Crippen LogP contribution in [0.1, 0.15) is 0 Å². The lowest BCUT2D eigenvalue weighted by atomic mass is 11.5. The molecule has 0 aromatic carbocycles. The van der Waals surface area contributed by atoms with Crippen LogP contribution in [0.3, 0.4) is 0 Å². The van der Waals surface area contributed by atoms with Gasteiger partial charge in [0.2, 0.25) is 0 Å². The molecule has 56 valence electrons. The van der Waals surface area contributed by atoms with Crippen molar-refractivity contribution in [3.05, 3.63) is 0 Å². The molecule has 4 heteroatoms. The smallest absolute Gasteiger partial charge is 0.0486 e. The second-order valence-corrected chi connectivity index (χ2v) is 7.11. The van der Waals surface area contributed by atoms with Gasteiger partial charge in [-0.05, 0) is 0 Å². The Labute approximate surface area is 61.6 Å². The first-order chi connectivity index (χ1) is 4.41. The van der Waals surface area contributed by atoms with Gasteiger partial charge in [-0.3, -0.25) is 0 Å². The standard InChI is InChI=1S/C5H16O2Si2/c1-6-3-8-5-9-4-7-2/h3-5,8-9H2,1-2H3. The fourth-order valence-corrected chi connectivity index (χ4v) is 4.29. The predicted molar refractivity (Wildman–Crippen MR) is 45.6 cm³/mol. The Balaban J connectivity index is 2.60. The fourth-order valence-electron chi connectivity index (χ4n) is 0.670. The van der Waals surface area contributed by atoms with Crippen LogP contribution in [0.5, 0.6) is 0 Å². The van der Waals surface area contributed by atoms with E-state index in [1.165, 1.54) is 5.67 Å². The molecule has 9 heavy (non-hydrogen) atoms. The summed E-state index contributed by atoms with van der Waals surface area (Å²) in [7, 11) is 3.87. The molecule has 0 rings (SSSR count). The van der Waals surface area contributed by atoms with E-state index in [1.54, 1.807) is 14.2 Å². The maximum absolute atomic E-state index is 4.97. The molecule has 0 fully saturated rings. The van der Waals surface area contributed by atoms with Gasteiger partial charge in [0, 0.05) is 45.7 Å². The van der Waals surface area contributed by atoms with Crippen LogP contribution in [0.2, 0.25) is 5.67 Å². The zero-order valence-electron chi connectivity index (χ0n) is 6.35. The molecule has 0 spiro atoms. The van der Waals surface area contributed by atoms with Crippen molar-refractivity contribution in [2.75, 3.05) is 26.7 Å². The van der Waals surface area contributed by atoms with Crippen LogP contribution in [0.15, 0.2) is 0 Å². The molecule has 0 aromatic heterocycles. The molecule has 0 bridgehead atoms. The van der Waals surface area contributed by atoms with Crippen LogP contribution in [-0.2, 0) is 9.47 Å². The highest BCUT2D eigenvalue weighted by molar-refractivity contribution is 6.55. The van der Waals surface area contributed by atoms with E-state index in [4.69, 9.17) is 9.47 Å². The van der Waals surface area contributed by atoms with Crippen LogP contribution >= 0.6 is 0 Å². The van der Waals surface area contributed by atoms with E-state index in [0.29, 0.717) is 0 Å². The maximum atomic E-state index is 4.97. The normalized spacial score (nSPS) is 12.7. The Bertz CT molecular complexity index is 46.2. The summed E-state index contributed by atoms with van der Waals surface area (Å²) in [4.78, 5) is 0. The van der Waals surface area contributed by atoms with E-state index >= 15 is 0 Å². The quantitative estimate of drug-likeness (QED) is 0.367. The molecule has 0 aliphatic carbocycles. The third-order valence-electron chi connectivity index (χ3n) is 1.20. The van der Waals surface area contributed by atoms with Gasteiger partial charge in [0.05, 0.1) is 0 Å². The monoisotopic (exact) mass is 164 g/mol. The van der Waals surface area contributed by atoms with E-state index in [1.807, 2.05) is 0 Å². The number of methoxy groups -OCH3 is 2. The fraction of sp³-hybridized carbons (Fsp3) is 1.00. The predicted octanol–water partition coefficient (Wildman–Crippen LogP) is -1.09. The summed E-state index contributed by atoms with van der Waals surface area (Å²) in [5, 5.41) is 0. The van der Waals surface area contributed by atoms with Crippen LogP contribution in [0, 0.1) is 0 Å². The summed E-state index contributed by atoms with van der Waals surface area (Å²) < 4.78 is 9.93. The Morgan fingerprint density at radius 2 is 1.44 bits per heavy atom. The highest BCUT2D eigenvalue weighted by Crippen LogP contribution is 1.76. The highest BCUT2D eigenvalue weighted by atomic mass is 28.3. The third kappa shape index (κ3) is 8.35. The Morgan fingerprint density at radius 3 is 1.78 bits per heavy atom. The zero-order valence-corrected chi connectivity index (χ0v) is 9.18. The molecule has 0 radical (unpaired) electrons. The van der Waals surface area contributed by atoms with E-state index in [0.717, 1.165) is 12.5 Å².